The largest absolute Gasteiger partial charge is 0.463 e. The molecule has 0 N–H and O–H groups in total. The summed E-state index contributed by atoms with van der Waals surface area (Å²) >= 11 is 1.29. The molecule has 6 nitrogen and oxygen atoms in total. The van der Waals surface area contributed by atoms with Crippen molar-refractivity contribution in [2.75, 3.05) is 6.61 Å². The van der Waals surface area contributed by atoms with Crippen molar-refractivity contribution in [3.63, 3.8) is 0 Å². The molecule has 7 heteroatoms. The highest BCUT2D eigenvalue weighted by Crippen LogP contribution is 2.31. The fourth-order valence-corrected chi connectivity index (χ4v) is 4.86. The second-order valence-electron chi connectivity index (χ2n) is 8.07. The third-order valence-electron chi connectivity index (χ3n) is 5.47. The van der Waals surface area contributed by atoms with Crippen LogP contribution in [0.1, 0.15) is 62.3 Å². The topological polar surface area (TPSA) is 73.8 Å². The van der Waals surface area contributed by atoms with Gasteiger partial charge >= 0.3 is 5.97 Å². The number of aryl methyl sites for hydroxylation is 1. The second kappa shape index (κ2) is 8.74. The third-order valence-corrected chi connectivity index (χ3v) is 6.45. The Bertz CT molecular complexity index is 1370. The monoisotopic (exact) mass is 450 g/mol. The normalized spacial score (nSPS) is 16.3. The Hall–Kier alpha value is -3.19. The number of fused-ring (bicyclic) bond motifs is 1. The van der Waals surface area contributed by atoms with E-state index in [0.29, 0.717) is 32.3 Å². The number of esters is 1. The maximum atomic E-state index is 13.5. The van der Waals surface area contributed by atoms with Gasteiger partial charge in [-0.25, -0.2) is 9.79 Å². The number of benzene rings is 1. The number of hydrogen-bond donors (Lipinski definition) is 0. The van der Waals surface area contributed by atoms with E-state index in [1.165, 1.54) is 16.9 Å². The van der Waals surface area contributed by atoms with Crippen molar-refractivity contribution in [3.8, 4) is 0 Å². The molecule has 2 aromatic heterocycles. The molecule has 32 heavy (non-hydrogen) atoms. The van der Waals surface area contributed by atoms with E-state index in [1.54, 1.807) is 24.5 Å². The first-order valence-electron chi connectivity index (χ1n) is 10.7. The van der Waals surface area contributed by atoms with Crippen molar-refractivity contribution in [2.24, 2.45) is 4.99 Å². The minimum absolute atomic E-state index is 0.213. The number of ether oxygens (including phenoxy) is 1. The predicted octanol–water partition coefficient (Wildman–Crippen LogP) is 3.82. The van der Waals surface area contributed by atoms with E-state index in [9.17, 15) is 9.59 Å². The van der Waals surface area contributed by atoms with Gasteiger partial charge < -0.3 is 9.15 Å². The first kappa shape index (κ1) is 22.0. The van der Waals surface area contributed by atoms with Crippen molar-refractivity contribution in [1.29, 1.82) is 0 Å². The van der Waals surface area contributed by atoms with Gasteiger partial charge in [-0.15, -0.1) is 0 Å². The molecule has 1 aliphatic heterocycles. The molecule has 0 saturated carbocycles. The van der Waals surface area contributed by atoms with Crippen LogP contribution in [0.25, 0.3) is 6.08 Å². The molecular formula is C25H26N2O4S. The Labute approximate surface area is 190 Å². The maximum absolute atomic E-state index is 13.5. The fraction of sp³-hybridized carbons (Fsp3) is 0.320. The van der Waals surface area contributed by atoms with Crippen molar-refractivity contribution in [2.45, 2.75) is 46.6 Å². The number of thiazole rings is 1. The van der Waals surface area contributed by atoms with Gasteiger partial charge in [0.15, 0.2) is 4.80 Å². The Morgan fingerprint density at radius 2 is 1.94 bits per heavy atom. The average molecular weight is 451 g/mol. The molecule has 0 aliphatic carbocycles. The summed E-state index contributed by atoms with van der Waals surface area (Å²) in [5.41, 5.74) is 2.76. The first-order valence-corrected chi connectivity index (χ1v) is 11.5. The van der Waals surface area contributed by atoms with E-state index in [-0.39, 0.29) is 12.2 Å². The van der Waals surface area contributed by atoms with Crippen LogP contribution in [-0.2, 0) is 9.53 Å². The van der Waals surface area contributed by atoms with Crippen LogP contribution in [0.4, 0.5) is 0 Å². The smallest absolute Gasteiger partial charge is 0.338 e. The van der Waals surface area contributed by atoms with E-state index in [0.717, 1.165) is 11.3 Å². The molecular weight excluding hydrogens is 424 g/mol. The summed E-state index contributed by atoms with van der Waals surface area (Å²) in [5.74, 6) is 1.30. The van der Waals surface area contributed by atoms with Gasteiger partial charge in [-0.05, 0) is 49.9 Å². The van der Waals surface area contributed by atoms with Crippen molar-refractivity contribution >= 4 is 23.4 Å². The third kappa shape index (κ3) is 4.00. The number of aromatic nitrogens is 1. The quantitative estimate of drug-likeness (QED) is 0.554. The van der Waals surface area contributed by atoms with Gasteiger partial charge in [0.2, 0.25) is 0 Å². The van der Waals surface area contributed by atoms with Crippen LogP contribution in [0.3, 0.4) is 0 Å². The molecule has 0 radical (unpaired) electrons. The number of allylic oxidation sites excluding steroid dienone is 1. The molecule has 0 saturated heterocycles. The SMILES string of the molecule is CCOC(=O)C1=C(C)N=c2s/c(=C/c3ccc(C)o3)c(=O)n2[C@H]1c1ccc(C(C)C)cc1. The summed E-state index contributed by atoms with van der Waals surface area (Å²) in [4.78, 5) is 31.5. The van der Waals surface area contributed by atoms with E-state index in [2.05, 4.69) is 18.8 Å². The summed E-state index contributed by atoms with van der Waals surface area (Å²) in [5, 5.41) is 0. The first-order chi connectivity index (χ1) is 15.3. The fourth-order valence-electron chi connectivity index (χ4n) is 3.83. The van der Waals surface area contributed by atoms with Gasteiger partial charge in [0.25, 0.3) is 5.56 Å². The van der Waals surface area contributed by atoms with Crippen molar-refractivity contribution in [1.82, 2.24) is 4.57 Å². The lowest BCUT2D eigenvalue weighted by Gasteiger charge is -2.25. The predicted molar refractivity (Wildman–Crippen MR) is 124 cm³/mol. The Morgan fingerprint density at radius 3 is 2.53 bits per heavy atom. The lowest BCUT2D eigenvalue weighted by Crippen LogP contribution is -2.39. The van der Waals surface area contributed by atoms with Gasteiger partial charge in [-0.1, -0.05) is 49.4 Å². The minimum Gasteiger partial charge on any atom is -0.463 e. The number of carbonyl (C=O) groups is 1. The summed E-state index contributed by atoms with van der Waals surface area (Å²) < 4.78 is 13.0. The van der Waals surface area contributed by atoms with Gasteiger partial charge in [-0.3, -0.25) is 9.36 Å². The average Bonchev–Trinajstić information content (AvgIpc) is 3.30. The van der Waals surface area contributed by atoms with Crippen LogP contribution in [0.2, 0.25) is 0 Å². The number of nitrogens with zero attached hydrogens (tertiary/aromatic N) is 2. The van der Waals surface area contributed by atoms with Crippen molar-refractivity contribution in [3.05, 3.63) is 90.0 Å². The Balaban J connectivity index is 1.93. The molecule has 3 heterocycles. The number of furan rings is 1. The van der Waals surface area contributed by atoms with Crippen molar-refractivity contribution < 1.29 is 13.9 Å². The maximum Gasteiger partial charge on any atom is 0.338 e. The molecule has 0 spiro atoms. The zero-order valence-electron chi connectivity index (χ0n) is 18.8. The summed E-state index contributed by atoms with van der Waals surface area (Å²) in [6.07, 6.45) is 1.72. The van der Waals surface area contributed by atoms with Gasteiger partial charge in [-0.2, -0.15) is 0 Å². The summed E-state index contributed by atoms with van der Waals surface area (Å²) in [6.45, 7) is 9.91. The highest BCUT2D eigenvalue weighted by molar-refractivity contribution is 7.07. The zero-order valence-corrected chi connectivity index (χ0v) is 19.7. The molecule has 1 aromatic carbocycles. The highest BCUT2D eigenvalue weighted by atomic mass is 32.1. The molecule has 1 aliphatic rings. The van der Waals surface area contributed by atoms with Crippen LogP contribution in [0.5, 0.6) is 0 Å². The molecule has 0 fully saturated rings. The second-order valence-corrected chi connectivity index (χ2v) is 9.08. The summed E-state index contributed by atoms with van der Waals surface area (Å²) in [6, 6.07) is 11.1. The van der Waals surface area contributed by atoms with Gasteiger partial charge in [0.05, 0.1) is 28.5 Å². The van der Waals surface area contributed by atoms with E-state index in [1.807, 2.05) is 43.3 Å². The molecule has 0 bridgehead atoms. The van der Waals surface area contributed by atoms with Crippen LogP contribution in [0.15, 0.2) is 61.9 Å². The van der Waals surface area contributed by atoms with Crippen LogP contribution < -0.4 is 14.9 Å². The molecule has 1 atom stereocenters. The number of hydrogen-bond acceptors (Lipinski definition) is 6. The minimum atomic E-state index is -0.605. The molecule has 166 valence electrons. The molecule has 3 aromatic rings. The van der Waals surface area contributed by atoms with E-state index in [4.69, 9.17) is 9.15 Å². The van der Waals surface area contributed by atoms with Gasteiger partial charge in [0, 0.05) is 6.08 Å². The van der Waals surface area contributed by atoms with E-state index >= 15 is 0 Å². The Morgan fingerprint density at radius 1 is 1.22 bits per heavy atom. The lowest BCUT2D eigenvalue weighted by atomic mass is 9.93. The van der Waals surface area contributed by atoms with Crippen LogP contribution in [-0.4, -0.2) is 17.1 Å². The molecule has 4 rings (SSSR count). The van der Waals surface area contributed by atoms with E-state index < -0.39 is 12.0 Å². The standard InChI is InChI=1S/C25H26N2O4S/c1-6-30-24(29)21-16(5)26-25-27(22(21)18-10-8-17(9-11-18)14(2)3)23(28)20(32-25)13-19-12-7-15(4)31-19/h7-14,22H,6H2,1-5H3/b20-13+/t22-/m0/s1. The van der Waals surface area contributed by atoms with Gasteiger partial charge in [0.1, 0.15) is 11.5 Å². The van der Waals surface area contributed by atoms with Crippen LogP contribution in [0, 0.1) is 6.92 Å². The number of carbonyl (C=O) groups excluding carboxylic acids is 1. The molecule has 0 unspecified atom stereocenters. The number of rotatable bonds is 5. The highest BCUT2D eigenvalue weighted by Gasteiger charge is 2.33. The van der Waals surface area contributed by atoms with Crippen LogP contribution >= 0.6 is 11.3 Å². The zero-order chi connectivity index (χ0) is 23.0. The molecule has 0 amide bonds. The summed E-state index contributed by atoms with van der Waals surface area (Å²) in [7, 11) is 0. The lowest BCUT2D eigenvalue weighted by molar-refractivity contribution is -0.139. The Kier molecular flexibility index (Phi) is 6.02.